The largest absolute Gasteiger partial charge is 0.374 e. The molecule has 1 saturated heterocycles. The van der Waals surface area contributed by atoms with Crippen LogP contribution in [0.3, 0.4) is 0 Å². The molecule has 0 bridgehead atoms. The standard InChI is InChI=1S/C14H21ClN4O2/c1-18(10-14(16)20)8-13-9-19(4-5-21-13)7-12-3-2-11(15)6-17-12/h2-3,6,13H,4-5,7-10H2,1H3,(H2,16,20). The molecule has 0 aliphatic carbocycles. The van der Waals surface area contributed by atoms with Crippen LogP contribution in [-0.4, -0.2) is 66.6 Å². The monoisotopic (exact) mass is 312 g/mol. The Morgan fingerprint density at radius 2 is 2.43 bits per heavy atom. The molecule has 2 N–H and O–H groups in total. The number of nitrogens with zero attached hydrogens (tertiary/aromatic N) is 3. The van der Waals surface area contributed by atoms with Gasteiger partial charge in [-0.25, -0.2) is 0 Å². The normalized spacial score (nSPS) is 19.9. The van der Waals surface area contributed by atoms with E-state index in [1.165, 1.54) is 0 Å². The summed E-state index contributed by atoms with van der Waals surface area (Å²) in [5.74, 6) is -0.324. The van der Waals surface area contributed by atoms with Crippen LogP contribution in [0.25, 0.3) is 0 Å². The van der Waals surface area contributed by atoms with Gasteiger partial charge in [0.1, 0.15) is 0 Å². The van der Waals surface area contributed by atoms with Crippen molar-refractivity contribution in [2.75, 3.05) is 39.8 Å². The van der Waals surface area contributed by atoms with Gasteiger partial charge in [-0.15, -0.1) is 0 Å². The van der Waals surface area contributed by atoms with Crippen LogP contribution in [-0.2, 0) is 16.1 Å². The summed E-state index contributed by atoms with van der Waals surface area (Å²) in [6.07, 6.45) is 1.74. The highest BCUT2D eigenvalue weighted by Crippen LogP contribution is 2.12. The van der Waals surface area contributed by atoms with Crippen molar-refractivity contribution in [2.45, 2.75) is 12.6 Å². The van der Waals surface area contributed by atoms with Crippen molar-refractivity contribution < 1.29 is 9.53 Å². The Morgan fingerprint density at radius 3 is 3.10 bits per heavy atom. The highest BCUT2D eigenvalue weighted by Gasteiger charge is 2.22. The van der Waals surface area contributed by atoms with Crippen molar-refractivity contribution in [1.29, 1.82) is 0 Å². The number of carbonyl (C=O) groups is 1. The molecule has 2 heterocycles. The number of hydrogen-bond donors (Lipinski definition) is 1. The number of pyridine rings is 1. The molecule has 6 nitrogen and oxygen atoms in total. The van der Waals surface area contributed by atoms with Crippen molar-refractivity contribution in [3.63, 3.8) is 0 Å². The Kier molecular flexibility index (Phi) is 5.93. The molecule has 116 valence electrons. The molecule has 0 aromatic carbocycles. The summed E-state index contributed by atoms with van der Waals surface area (Å²) in [5, 5.41) is 0.645. The van der Waals surface area contributed by atoms with Crippen LogP contribution in [0.1, 0.15) is 5.69 Å². The first-order chi connectivity index (χ1) is 10.0. The molecule has 1 amide bonds. The van der Waals surface area contributed by atoms with E-state index in [0.717, 1.165) is 25.3 Å². The Labute approximate surface area is 129 Å². The summed E-state index contributed by atoms with van der Waals surface area (Å²) in [5.41, 5.74) is 6.18. The number of halogens is 1. The van der Waals surface area contributed by atoms with Gasteiger partial charge in [0.25, 0.3) is 0 Å². The maximum absolute atomic E-state index is 10.9. The van der Waals surface area contributed by atoms with E-state index in [2.05, 4.69) is 9.88 Å². The first-order valence-corrected chi connectivity index (χ1v) is 7.32. The van der Waals surface area contributed by atoms with Crippen LogP contribution in [0.15, 0.2) is 18.3 Å². The van der Waals surface area contributed by atoms with Crippen molar-refractivity contribution >= 4 is 17.5 Å². The Hall–Kier alpha value is -1.21. The number of primary amides is 1. The van der Waals surface area contributed by atoms with Gasteiger partial charge < -0.3 is 10.5 Å². The molecule has 1 aromatic rings. The van der Waals surface area contributed by atoms with Gasteiger partial charge in [0.2, 0.25) is 5.91 Å². The zero-order chi connectivity index (χ0) is 15.2. The fourth-order valence-electron chi connectivity index (χ4n) is 2.44. The Bertz CT molecular complexity index is 469. The third-order valence-corrected chi connectivity index (χ3v) is 3.56. The molecule has 1 aliphatic heterocycles. The van der Waals surface area contributed by atoms with Crippen LogP contribution >= 0.6 is 11.6 Å². The highest BCUT2D eigenvalue weighted by atomic mass is 35.5. The zero-order valence-corrected chi connectivity index (χ0v) is 12.9. The first-order valence-electron chi connectivity index (χ1n) is 6.94. The molecule has 0 spiro atoms. The van der Waals surface area contributed by atoms with Gasteiger partial charge in [-0.05, 0) is 19.2 Å². The summed E-state index contributed by atoms with van der Waals surface area (Å²) in [4.78, 5) is 19.4. The number of rotatable bonds is 6. The van der Waals surface area contributed by atoms with Crippen LogP contribution in [0, 0.1) is 0 Å². The number of morpholine rings is 1. The summed E-state index contributed by atoms with van der Waals surface area (Å²) in [6, 6.07) is 3.79. The minimum Gasteiger partial charge on any atom is -0.374 e. The summed E-state index contributed by atoms with van der Waals surface area (Å²) < 4.78 is 5.74. The van der Waals surface area contributed by atoms with Crippen molar-refractivity contribution in [3.8, 4) is 0 Å². The lowest BCUT2D eigenvalue weighted by molar-refractivity contribution is -0.119. The lowest BCUT2D eigenvalue weighted by atomic mass is 10.2. The van der Waals surface area contributed by atoms with Crippen LogP contribution < -0.4 is 5.73 Å². The van der Waals surface area contributed by atoms with Crippen LogP contribution in [0.4, 0.5) is 0 Å². The van der Waals surface area contributed by atoms with Crippen molar-refractivity contribution in [2.24, 2.45) is 5.73 Å². The molecule has 1 aromatic heterocycles. The van der Waals surface area contributed by atoms with E-state index in [0.29, 0.717) is 18.2 Å². The van der Waals surface area contributed by atoms with E-state index in [1.54, 1.807) is 6.20 Å². The molecule has 21 heavy (non-hydrogen) atoms. The van der Waals surface area contributed by atoms with Crippen LogP contribution in [0.2, 0.25) is 5.02 Å². The topological polar surface area (TPSA) is 71.7 Å². The fraction of sp³-hybridized carbons (Fsp3) is 0.571. The molecule has 0 saturated carbocycles. The van der Waals surface area contributed by atoms with E-state index in [-0.39, 0.29) is 18.6 Å². The molecular weight excluding hydrogens is 292 g/mol. The fourth-order valence-corrected chi connectivity index (χ4v) is 2.55. The quantitative estimate of drug-likeness (QED) is 0.821. The number of ether oxygens (including phenoxy) is 1. The minimum absolute atomic E-state index is 0.0791. The molecular formula is C14H21ClN4O2. The third kappa shape index (κ3) is 5.59. The van der Waals surface area contributed by atoms with E-state index in [4.69, 9.17) is 22.1 Å². The number of amides is 1. The number of aromatic nitrogens is 1. The number of carbonyl (C=O) groups excluding carboxylic acids is 1. The molecule has 1 fully saturated rings. The predicted octanol–water partition coefficient (Wildman–Crippen LogP) is 0.353. The van der Waals surface area contributed by atoms with E-state index in [1.807, 2.05) is 24.1 Å². The smallest absolute Gasteiger partial charge is 0.231 e. The van der Waals surface area contributed by atoms with Gasteiger partial charge in [0, 0.05) is 32.4 Å². The number of hydrogen-bond acceptors (Lipinski definition) is 5. The summed E-state index contributed by atoms with van der Waals surface area (Å²) >= 11 is 5.84. The zero-order valence-electron chi connectivity index (χ0n) is 12.2. The Balaban J connectivity index is 1.82. The van der Waals surface area contributed by atoms with Crippen molar-refractivity contribution in [3.05, 3.63) is 29.0 Å². The lowest BCUT2D eigenvalue weighted by Gasteiger charge is -2.34. The predicted molar refractivity (Wildman–Crippen MR) is 81.0 cm³/mol. The minimum atomic E-state index is -0.324. The molecule has 1 unspecified atom stereocenters. The Morgan fingerprint density at radius 1 is 1.62 bits per heavy atom. The average Bonchev–Trinajstić information content (AvgIpc) is 2.41. The molecule has 0 radical (unpaired) electrons. The van der Waals surface area contributed by atoms with Gasteiger partial charge in [0.05, 0.1) is 30.0 Å². The average molecular weight is 313 g/mol. The SMILES string of the molecule is CN(CC(N)=O)CC1CN(Cc2ccc(Cl)cn2)CCO1. The first kappa shape index (κ1) is 16.2. The summed E-state index contributed by atoms with van der Waals surface area (Å²) in [7, 11) is 1.87. The molecule has 1 aliphatic rings. The van der Waals surface area contributed by atoms with Gasteiger partial charge >= 0.3 is 0 Å². The van der Waals surface area contributed by atoms with E-state index >= 15 is 0 Å². The number of nitrogens with two attached hydrogens (primary N) is 1. The molecule has 7 heteroatoms. The van der Waals surface area contributed by atoms with Gasteiger partial charge in [0.15, 0.2) is 0 Å². The molecule has 2 rings (SSSR count). The number of likely N-dealkylation sites (N-methyl/N-ethyl adjacent to an activating group) is 1. The van der Waals surface area contributed by atoms with E-state index in [9.17, 15) is 4.79 Å². The van der Waals surface area contributed by atoms with Gasteiger partial charge in [-0.2, -0.15) is 0 Å². The van der Waals surface area contributed by atoms with Gasteiger partial charge in [-0.3, -0.25) is 19.6 Å². The van der Waals surface area contributed by atoms with Crippen LogP contribution in [0.5, 0.6) is 0 Å². The lowest BCUT2D eigenvalue weighted by Crippen LogP contribution is -2.47. The highest BCUT2D eigenvalue weighted by molar-refractivity contribution is 6.30. The summed E-state index contributed by atoms with van der Waals surface area (Å²) in [6.45, 7) is 4.08. The maximum atomic E-state index is 10.9. The van der Waals surface area contributed by atoms with Gasteiger partial charge in [-0.1, -0.05) is 11.6 Å². The molecule has 1 atom stereocenters. The second kappa shape index (κ2) is 7.70. The van der Waals surface area contributed by atoms with E-state index < -0.39 is 0 Å². The second-order valence-corrected chi connectivity index (χ2v) is 5.80. The second-order valence-electron chi connectivity index (χ2n) is 5.36. The van der Waals surface area contributed by atoms with Crippen molar-refractivity contribution in [1.82, 2.24) is 14.8 Å². The third-order valence-electron chi connectivity index (χ3n) is 3.34. The maximum Gasteiger partial charge on any atom is 0.231 e.